The minimum Gasteiger partial charge on any atom is -0.338 e. The van der Waals surface area contributed by atoms with E-state index < -0.39 is 6.03 Å². The van der Waals surface area contributed by atoms with E-state index in [2.05, 4.69) is 10.6 Å². The molecule has 110 valence electrons. The second-order valence-electron chi connectivity index (χ2n) is 4.87. The summed E-state index contributed by atoms with van der Waals surface area (Å²) in [5.41, 5.74) is 2.36. The summed E-state index contributed by atoms with van der Waals surface area (Å²) in [5, 5.41) is 4.87. The molecule has 0 fully saturated rings. The summed E-state index contributed by atoms with van der Waals surface area (Å²) in [6, 6.07) is 7.23. The van der Waals surface area contributed by atoms with Crippen LogP contribution in [0.5, 0.6) is 0 Å². The fraction of sp³-hybridized carbons (Fsp3) is 0.467. The Labute approximate surface area is 120 Å². The van der Waals surface area contributed by atoms with E-state index >= 15 is 0 Å². The summed E-state index contributed by atoms with van der Waals surface area (Å²) >= 11 is 0. The van der Waals surface area contributed by atoms with Crippen LogP contribution in [0.25, 0.3) is 0 Å². The Bertz CT molecular complexity index is 474. The maximum absolute atomic E-state index is 11.9. The minimum atomic E-state index is -0.450. The maximum Gasteiger partial charge on any atom is 0.321 e. The van der Waals surface area contributed by atoms with Crippen LogP contribution in [-0.2, 0) is 11.3 Å². The molecule has 0 saturated carbocycles. The summed E-state index contributed by atoms with van der Waals surface area (Å²) in [6.45, 7) is 6.79. The first kappa shape index (κ1) is 16.2. The first-order chi connectivity index (χ1) is 9.45. The third-order valence-electron chi connectivity index (χ3n) is 3.30. The summed E-state index contributed by atoms with van der Waals surface area (Å²) < 4.78 is 0. The Morgan fingerprint density at radius 1 is 1.30 bits per heavy atom. The molecule has 1 rings (SSSR count). The van der Waals surface area contributed by atoms with Gasteiger partial charge in [0.05, 0.1) is 6.04 Å². The van der Waals surface area contributed by atoms with Crippen LogP contribution >= 0.6 is 0 Å². The first-order valence-electron chi connectivity index (χ1n) is 6.79. The molecule has 0 aliphatic rings. The number of benzene rings is 1. The van der Waals surface area contributed by atoms with Crippen molar-refractivity contribution in [1.82, 2.24) is 15.5 Å². The standard InChI is InChI=1S/C15H23N3O2/c1-5-16-15(20)17-14(19)12(3)18(4)10-13-9-7-6-8-11(13)2/h6-9,12H,5,10H2,1-4H3,(H2,16,17,19,20). The van der Waals surface area contributed by atoms with Crippen molar-refractivity contribution in [3.63, 3.8) is 0 Å². The van der Waals surface area contributed by atoms with E-state index in [4.69, 9.17) is 0 Å². The molecule has 20 heavy (non-hydrogen) atoms. The van der Waals surface area contributed by atoms with Crippen LogP contribution in [0.15, 0.2) is 24.3 Å². The van der Waals surface area contributed by atoms with Crippen molar-refractivity contribution in [3.05, 3.63) is 35.4 Å². The Morgan fingerprint density at radius 2 is 1.95 bits per heavy atom. The molecule has 5 heteroatoms. The van der Waals surface area contributed by atoms with Gasteiger partial charge >= 0.3 is 6.03 Å². The van der Waals surface area contributed by atoms with Crippen molar-refractivity contribution in [2.75, 3.05) is 13.6 Å². The van der Waals surface area contributed by atoms with Gasteiger partial charge in [-0.15, -0.1) is 0 Å². The SMILES string of the molecule is CCNC(=O)NC(=O)C(C)N(C)Cc1ccccc1C. The number of hydrogen-bond acceptors (Lipinski definition) is 3. The minimum absolute atomic E-state index is 0.299. The highest BCUT2D eigenvalue weighted by molar-refractivity contribution is 5.96. The smallest absolute Gasteiger partial charge is 0.321 e. The van der Waals surface area contributed by atoms with Crippen LogP contribution in [0, 0.1) is 6.92 Å². The number of carbonyl (C=O) groups is 2. The number of amides is 3. The van der Waals surface area contributed by atoms with E-state index in [1.165, 1.54) is 11.1 Å². The van der Waals surface area contributed by atoms with E-state index in [0.29, 0.717) is 13.1 Å². The Morgan fingerprint density at radius 3 is 2.55 bits per heavy atom. The third-order valence-corrected chi connectivity index (χ3v) is 3.30. The van der Waals surface area contributed by atoms with E-state index in [9.17, 15) is 9.59 Å². The van der Waals surface area contributed by atoms with Gasteiger partial charge in [-0.2, -0.15) is 0 Å². The zero-order valence-corrected chi connectivity index (χ0v) is 12.6. The lowest BCUT2D eigenvalue weighted by molar-refractivity contribution is -0.124. The zero-order chi connectivity index (χ0) is 15.1. The average molecular weight is 277 g/mol. The van der Waals surface area contributed by atoms with Gasteiger partial charge in [-0.1, -0.05) is 24.3 Å². The van der Waals surface area contributed by atoms with E-state index in [0.717, 1.165) is 0 Å². The van der Waals surface area contributed by atoms with Crippen LogP contribution in [0.4, 0.5) is 4.79 Å². The summed E-state index contributed by atoms with van der Waals surface area (Å²) in [6.07, 6.45) is 0. The molecule has 0 spiro atoms. The largest absolute Gasteiger partial charge is 0.338 e. The number of hydrogen-bond donors (Lipinski definition) is 2. The number of nitrogens with one attached hydrogen (secondary N) is 2. The van der Waals surface area contributed by atoms with Gasteiger partial charge in [-0.25, -0.2) is 4.79 Å². The Kier molecular flexibility index (Phi) is 6.18. The van der Waals surface area contributed by atoms with Crippen molar-refractivity contribution in [3.8, 4) is 0 Å². The number of rotatable bonds is 5. The second kappa shape index (κ2) is 7.65. The highest BCUT2D eigenvalue weighted by Crippen LogP contribution is 2.11. The monoisotopic (exact) mass is 277 g/mol. The number of imide groups is 1. The maximum atomic E-state index is 11.9. The average Bonchev–Trinajstić information content (AvgIpc) is 2.40. The van der Waals surface area contributed by atoms with Gasteiger partial charge in [0.15, 0.2) is 0 Å². The third kappa shape index (κ3) is 4.66. The Balaban J connectivity index is 2.58. The lowest BCUT2D eigenvalue weighted by Crippen LogP contribution is -2.48. The first-order valence-corrected chi connectivity index (χ1v) is 6.79. The molecule has 0 aliphatic heterocycles. The number of carbonyl (C=O) groups excluding carboxylic acids is 2. The van der Waals surface area contributed by atoms with Crippen LogP contribution in [0.3, 0.4) is 0 Å². The highest BCUT2D eigenvalue weighted by Gasteiger charge is 2.20. The predicted octanol–water partition coefficient (Wildman–Crippen LogP) is 1.66. The molecule has 0 heterocycles. The molecule has 1 aromatic carbocycles. The van der Waals surface area contributed by atoms with Gasteiger partial charge in [0.1, 0.15) is 0 Å². The molecule has 1 atom stereocenters. The zero-order valence-electron chi connectivity index (χ0n) is 12.6. The van der Waals surface area contributed by atoms with Crippen molar-refractivity contribution < 1.29 is 9.59 Å². The highest BCUT2D eigenvalue weighted by atomic mass is 16.2. The fourth-order valence-electron chi connectivity index (χ4n) is 1.81. The summed E-state index contributed by atoms with van der Waals surface area (Å²) in [4.78, 5) is 25.2. The number of urea groups is 1. The number of nitrogens with zero attached hydrogens (tertiary/aromatic N) is 1. The van der Waals surface area contributed by atoms with Crippen molar-refractivity contribution >= 4 is 11.9 Å². The molecule has 2 N–H and O–H groups in total. The van der Waals surface area contributed by atoms with E-state index in [1.54, 1.807) is 13.8 Å². The normalized spacial score (nSPS) is 12.1. The molecule has 0 bridgehead atoms. The van der Waals surface area contributed by atoms with Gasteiger partial charge < -0.3 is 5.32 Å². The molecule has 0 saturated heterocycles. The molecular formula is C15H23N3O2. The summed E-state index contributed by atoms with van der Waals surface area (Å²) in [5.74, 6) is -0.299. The van der Waals surface area contributed by atoms with Gasteiger partial charge in [0.25, 0.3) is 0 Å². The number of likely N-dealkylation sites (N-methyl/N-ethyl adjacent to an activating group) is 1. The van der Waals surface area contributed by atoms with E-state index in [-0.39, 0.29) is 11.9 Å². The van der Waals surface area contributed by atoms with Crippen molar-refractivity contribution in [2.45, 2.75) is 33.4 Å². The van der Waals surface area contributed by atoms with Gasteiger partial charge in [0, 0.05) is 13.1 Å². The molecule has 0 aromatic heterocycles. The lowest BCUT2D eigenvalue weighted by atomic mass is 10.1. The lowest BCUT2D eigenvalue weighted by Gasteiger charge is -2.24. The molecule has 3 amide bonds. The molecular weight excluding hydrogens is 254 g/mol. The van der Waals surface area contributed by atoms with Crippen LogP contribution in [0.2, 0.25) is 0 Å². The van der Waals surface area contributed by atoms with Gasteiger partial charge in [0.2, 0.25) is 5.91 Å². The second-order valence-corrected chi connectivity index (χ2v) is 4.87. The number of aryl methyl sites for hydroxylation is 1. The topological polar surface area (TPSA) is 61.4 Å². The molecule has 1 unspecified atom stereocenters. The predicted molar refractivity (Wildman–Crippen MR) is 79.3 cm³/mol. The Hall–Kier alpha value is -1.88. The quantitative estimate of drug-likeness (QED) is 0.860. The van der Waals surface area contributed by atoms with Gasteiger partial charge in [-0.3, -0.25) is 15.0 Å². The van der Waals surface area contributed by atoms with Crippen LogP contribution in [-0.4, -0.2) is 36.5 Å². The molecule has 0 aliphatic carbocycles. The van der Waals surface area contributed by atoms with Crippen LogP contribution in [0.1, 0.15) is 25.0 Å². The summed E-state index contributed by atoms with van der Waals surface area (Å²) in [7, 11) is 1.87. The molecule has 0 radical (unpaired) electrons. The van der Waals surface area contributed by atoms with Gasteiger partial charge in [-0.05, 0) is 38.9 Å². The van der Waals surface area contributed by atoms with E-state index in [1.807, 2.05) is 43.1 Å². The van der Waals surface area contributed by atoms with Crippen molar-refractivity contribution in [2.24, 2.45) is 0 Å². The molecule has 1 aromatic rings. The van der Waals surface area contributed by atoms with Crippen molar-refractivity contribution in [1.29, 1.82) is 0 Å². The molecule has 5 nitrogen and oxygen atoms in total. The van der Waals surface area contributed by atoms with Crippen LogP contribution < -0.4 is 10.6 Å². The fourth-order valence-corrected chi connectivity index (χ4v) is 1.81.